The molecule has 0 spiro atoms. The summed E-state index contributed by atoms with van der Waals surface area (Å²) < 4.78 is 2.24. The molecular formula is C21H15Br2N. The molecule has 1 aliphatic rings. The highest BCUT2D eigenvalue weighted by Crippen LogP contribution is 2.51. The molecule has 0 radical (unpaired) electrons. The summed E-state index contributed by atoms with van der Waals surface area (Å²) in [6, 6.07) is 17.8. The standard InChI is InChI=1S/C21H15Br2N/c1-21(2)17-7-11(22)3-5-13(17)15-10-20-16(9-18(15)21)14-6-4-12(23)8-19(14)24-20/h3-10,24H,1-2H3. The molecule has 1 heterocycles. The fourth-order valence-electron chi connectivity index (χ4n) is 4.08. The summed E-state index contributed by atoms with van der Waals surface area (Å²) in [6.45, 7) is 4.64. The lowest BCUT2D eigenvalue weighted by molar-refractivity contribution is 0.661. The van der Waals surface area contributed by atoms with Crippen molar-refractivity contribution in [1.82, 2.24) is 4.98 Å². The van der Waals surface area contributed by atoms with Crippen LogP contribution in [0.1, 0.15) is 25.0 Å². The van der Waals surface area contributed by atoms with Crippen molar-refractivity contribution in [1.29, 1.82) is 0 Å². The Hall–Kier alpha value is -1.58. The van der Waals surface area contributed by atoms with Crippen molar-refractivity contribution in [2.24, 2.45) is 0 Å². The van der Waals surface area contributed by atoms with E-state index in [9.17, 15) is 0 Å². The van der Waals surface area contributed by atoms with Crippen molar-refractivity contribution in [3.05, 3.63) is 68.6 Å². The van der Waals surface area contributed by atoms with Crippen molar-refractivity contribution >= 4 is 53.7 Å². The minimum absolute atomic E-state index is 0.0155. The third kappa shape index (κ3) is 1.86. The maximum Gasteiger partial charge on any atom is 0.0476 e. The molecule has 0 saturated heterocycles. The van der Waals surface area contributed by atoms with Crippen molar-refractivity contribution in [3.8, 4) is 11.1 Å². The molecule has 3 aromatic carbocycles. The van der Waals surface area contributed by atoms with Crippen LogP contribution in [0.3, 0.4) is 0 Å². The number of fused-ring (bicyclic) bond motifs is 6. The highest BCUT2D eigenvalue weighted by molar-refractivity contribution is 9.10. The maximum absolute atomic E-state index is 3.63. The Morgan fingerprint density at radius 3 is 2.21 bits per heavy atom. The average Bonchev–Trinajstić information content (AvgIpc) is 2.99. The predicted molar refractivity (Wildman–Crippen MR) is 109 cm³/mol. The number of hydrogen-bond acceptors (Lipinski definition) is 0. The Morgan fingerprint density at radius 2 is 1.38 bits per heavy atom. The summed E-state index contributed by atoms with van der Waals surface area (Å²) in [4.78, 5) is 3.58. The van der Waals surface area contributed by atoms with E-state index in [0.717, 1.165) is 8.95 Å². The monoisotopic (exact) mass is 439 g/mol. The Balaban J connectivity index is 1.90. The van der Waals surface area contributed by atoms with Gasteiger partial charge in [0, 0.05) is 36.2 Å². The summed E-state index contributed by atoms with van der Waals surface area (Å²) in [5.74, 6) is 0. The van der Waals surface area contributed by atoms with Crippen LogP contribution >= 0.6 is 31.9 Å². The Kier molecular flexibility index (Phi) is 2.91. The van der Waals surface area contributed by atoms with E-state index in [4.69, 9.17) is 0 Å². The smallest absolute Gasteiger partial charge is 0.0476 e. The normalized spacial score (nSPS) is 15.0. The van der Waals surface area contributed by atoms with Crippen LogP contribution in [0.4, 0.5) is 0 Å². The zero-order valence-electron chi connectivity index (χ0n) is 13.4. The van der Waals surface area contributed by atoms with E-state index in [1.54, 1.807) is 0 Å². The average molecular weight is 441 g/mol. The van der Waals surface area contributed by atoms with E-state index < -0.39 is 0 Å². The van der Waals surface area contributed by atoms with E-state index in [1.165, 1.54) is 44.1 Å². The second-order valence-electron chi connectivity index (χ2n) is 7.07. The minimum Gasteiger partial charge on any atom is -0.354 e. The van der Waals surface area contributed by atoms with Gasteiger partial charge in [-0.1, -0.05) is 57.8 Å². The lowest BCUT2D eigenvalue weighted by atomic mass is 9.82. The number of aromatic amines is 1. The molecule has 1 aromatic heterocycles. The van der Waals surface area contributed by atoms with E-state index >= 15 is 0 Å². The Bertz CT molecular complexity index is 1150. The van der Waals surface area contributed by atoms with E-state index in [0.29, 0.717) is 0 Å². The molecule has 4 aromatic rings. The van der Waals surface area contributed by atoms with Crippen LogP contribution in [-0.2, 0) is 5.41 Å². The molecule has 1 N–H and O–H groups in total. The fraction of sp³-hybridized carbons (Fsp3) is 0.143. The molecule has 0 saturated carbocycles. The van der Waals surface area contributed by atoms with Crippen LogP contribution in [0.15, 0.2) is 57.5 Å². The number of H-pyrrole nitrogens is 1. The van der Waals surface area contributed by atoms with Gasteiger partial charge in [-0.05, 0) is 58.7 Å². The first-order valence-electron chi connectivity index (χ1n) is 8.01. The van der Waals surface area contributed by atoms with Gasteiger partial charge in [0.1, 0.15) is 0 Å². The van der Waals surface area contributed by atoms with Crippen LogP contribution < -0.4 is 0 Å². The quantitative estimate of drug-likeness (QED) is 0.298. The second-order valence-corrected chi connectivity index (χ2v) is 8.90. The molecule has 24 heavy (non-hydrogen) atoms. The van der Waals surface area contributed by atoms with Crippen LogP contribution in [-0.4, -0.2) is 4.98 Å². The molecule has 3 heteroatoms. The van der Waals surface area contributed by atoms with Crippen LogP contribution in [0.5, 0.6) is 0 Å². The fourth-order valence-corrected chi connectivity index (χ4v) is 4.80. The molecule has 5 rings (SSSR count). The Labute approximate surface area is 157 Å². The molecule has 1 aliphatic carbocycles. The maximum atomic E-state index is 3.63. The first-order valence-corrected chi connectivity index (χ1v) is 9.59. The number of hydrogen-bond donors (Lipinski definition) is 1. The van der Waals surface area contributed by atoms with Crippen molar-refractivity contribution < 1.29 is 0 Å². The van der Waals surface area contributed by atoms with Crippen LogP contribution in [0.2, 0.25) is 0 Å². The number of rotatable bonds is 0. The zero-order chi connectivity index (χ0) is 16.6. The molecule has 1 nitrogen and oxygen atoms in total. The zero-order valence-corrected chi connectivity index (χ0v) is 16.5. The summed E-state index contributed by atoms with van der Waals surface area (Å²) in [7, 11) is 0. The SMILES string of the molecule is CC1(C)c2cc(Br)ccc2-c2cc3[nH]c4cc(Br)ccc4c3cc21. The van der Waals surface area contributed by atoms with Crippen molar-refractivity contribution in [2.75, 3.05) is 0 Å². The van der Waals surface area contributed by atoms with Gasteiger partial charge >= 0.3 is 0 Å². The largest absolute Gasteiger partial charge is 0.354 e. The minimum atomic E-state index is 0.0155. The van der Waals surface area contributed by atoms with Crippen LogP contribution in [0, 0.1) is 0 Å². The Morgan fingerprint density at radius 1 is 0.708 bits per heavy atom. The number of halogens is 2. The summed E-state index contributed by atoms with van der Waals surface area (Å²) in [5, 5.41) is 2.58. The third-order valence-electron chi connectivity index (χ3n) is 5.32. The first-order chi connectivity index (χ1) is 11.4. The van der Waals surface area contributed by atoms with Gasteiger partial charge in [-0.25, -0.2) is 0 Å². The first kappa shape index (κ1) is 14.7. The lowest BCUT2D eigenvalue weighted by Gasteiger charge is -2.21. The highest BCUT2D eigenvalue weighted by Gasteiger charge is 2.36. The topological polar surface area (TPSA) is 15.8 Å². The predicted octanol–water partition coefficient (Wildman–Crippen LogP) is 7.15. The van der Waals surface area contributed by atoms with Gasteiger partial charge in [0.25, 0.3) is 0 Å². The molecule has 0 bridgehead atoms. The molecule has 0 atom stereocenters. The molecule has 0 fully saturated rings. The van der Waals surface area contributed by atoms with E-state index in [-0.39, 0.29) is 5.41 Å². The van der Waals surface area contributed by atoms with Gasteiger partial charge in [0.2, 0.25) is 0 Å². The van der Waals surface area contributed by atoms with Gasteiger partial charge in [-0.3, -0.25) is 0 Å². The van der Waals surface area contributed by atoms with Gasteiger partial charge in [0.05, 0.1) is 0 Å². The van der Waals surface area contributed by atoms with Gasteiger partial charge < -0.3 is 4.98 Å². The van der Waals surface area contributed by atoms with Crippen LogP contribution in [0.25, 0.3) is 32.9 Å². The highest BCUT2D eigenvalue weighted by atomic mass is 79.9. The summed E-state index contributed by atoms with van der Waals surface area (Å²) >= 11 is 7.19. The molecule has 0 unspecified atom stereocenters. The van der Waals surface area contributed by atoms with Crippen molar-refractivity contribution in [3.63, 3.8) is 0 Å². The summed E-state index contributed by atoms with van der Waals surface area (Å²) in [6.07, 6.45) is 0. The van der Waals surface area contributed by atoms with E-state index in [1.807, 2.05) is 0 Å². The van der Waals surface area contributed by atoms with Gasteiger partial charge in [0.15, 0.2) is 0 Å². The van der Waals surface area contributed by atoms with Gasteiger partial charge in [-0.15, -0.1) is 0 Å². The molecule has 0 amide bonds. The second kappa shape index (κ2) is 4.74. The summed E-state index contributed by atoms with van der Waals surface area (Å²) in [5.41, 5.74) is 7.89. The van der Waals surface area contributed by atoms with E-state index in [2.05, 4.69) is 99.2 Å². The number of nitrogens with one attached hydrogen (secondary N) is 1. The molecule has 118 valence electrons. The molecule has 0 aliphatic heterocycles. The number of benzene rings is 3. The molecular weight excluding hydrogens is 426 g/mol. The third-order valence-corrected chi connectivity index (χ3v) is 6.30. The van der Waals surface area contributed by atoms with Gasteiger partial charge in [-0.2, -0.15) is 0 Å². The number of aromatic nitrogens is 1. The lowest BCUT2D eigenvalue weighted by Crippen LogP contribution is -2.14. The van der Waals surface area contributed by atoms with Crippen molar-refractivity contribution in [2.45, 2.75) is 19.3 Å².